The molecule has 0 aliphatic carbocycles. The van der Waals surface area contributed by atoms with Crippen molar-refractivity contribution in [2.45, 2.75) is 38.7 Å². The zero-order chi connectivity index (χ0) is 22.5. The van der Waals surface area contributed by atoms with Gasteiger partial charge >= 0.3 is 0 Å². The van der Waals surface area contributed by atoms with E-state index in [2.05, 4.69) is 20.8 Å². The van der Waals surface area contributed by atoms with Gasteiger partial charge in [0.25, 0.3) is 11.8 Å². The highest BCUT2D eigenvalue weighted by Crippen LogP contribution is 2.21. The molecule has 170 valence electrons. The number of likely N-dealkylation sites (tertiary alicyclic amines) is 1. The number of piperidine rings is 1. The van der Waals surface area contributed by atoms with Crippen molar-refractivity contribution >= 4 is 34.7 Å². The first kappa shape index (κ1) is 22.3. The molecule has 1 aromatic carbocycles. The van der Waals surface area contributed by atoms with E-state index in [1.807, 2.05) is 19.1 Å². The molecule has 2 aliphatic heterocycles. The van der Waals surface area contributed by atoms with Crippen LogP contribution in [-0.2, 0) is 9.53 Å². The Morgan fingerprint density at radius 2 is 1.81 bits per heavy atom. The van der Waals surface area contributed by atoms with Crippen LogP contribution in [0.1, 0.15) is 50.9 Å². The molecule has 3 heterocycles. The van der Waals surface area contributed by atoms with Crippen LogP contribution in [-0.4, -0.2) is 65.2 Å². The molecule has 1 unspecified atom stereocenters. The third-order valence-electron chi connectivity index (χ3n) is 5.79. The van der Waals surface area contributed by atoms with Crippen molar-refractivity contribution in [3.8, 4) is 0 Å². The molecular weight excluding hydrogens is 430 g/mol. The minimum atomic E-state index is -0.396. The van der Waals surface area contributed by atoms with Gasteiger partial charge in [-0.2, -0.15) is 0 Å². The highest BCUT2D eigenvalue weighted by molar-refractivity contribution is 7.15. The van der Waals surface area contributed by atoms with Crippen molar-refractivity contribution in [1.82, 2.24) is 20.4 Å². The van der Waals surface area contributed by atoms with Crippen molar-refractivity contribution in [3.05, 3.63) is 39.8 Å². The number of rotatable bonds is 6. The maximum atomic E-state index is 12.8. The number of carbonyl (C=O) groups is 3. The van der Waals surface area contributed by atoms with Gasteiger partial charge in [0.1, 0.15) is 0 Å². The van der Waals surface area contributed by atoms with Gasteiger partial charge in [0.05, 0.1) is 6.10 Å². The smallest absolute Gasteiger partial charge is 0.286 e. The number of nitrogens with one attached hydrogen (secondary N) is 2. The molecular formula is C22H27N5O4S. The summed E-state index contributed by atoms with van der Waals surface area (Å²) in [5.41, 5.74) is 1.75. The predicted octanol–water partition coefficient (Wildman–Crippen LogP) is 2.25. The first-order chi connectivity index (χ1) is 15.5. The predicted molar refractivity (Wildman–Crippen MR) is 120 cm³/mol. The molecule has 1 aromatic heterocycles. The zero-order valence-corrected chi connectivity index (χ0v) is 18.8. The van der Waals surface area contributed by atoms with Crippen LogP contribution in [0.5, 0.6) is 0 Å². The van der Waals surface area contributed by atoms with Crippen LogP contribution < -0.4 is 10.6 Å². The molecule has 32 heavy (non-hydrogen) atoms. The summed E-state index contributed by atoms with van der Waals surface area (Å²) < 4.78 is 5.54. The van der Waals surface area contributed by atoms with E-state index in [1.165, 1.54) is 0 Å². The fourth-order valence-electron chi connectivity index (χ4n) is 3.87. The molecule has 9 nitrogen and oxygen atoms in total. The van der Waals surface area contributed by atoms with Crippen molar-refractivity contribution < 1.29 is 19.1 Å². The second-order valence-corrected chi connectivity index (χ2v) is 9.16. The quantitative estimate of drug-likeness (QED) is 0.688. The number of anilines is 1. The van der Waals surface area contributed by atoms with Crippen molar-refractivity contribution in [2.75, 3.05) is 31.6 Å². The van der Waals surface area contributed by atoms with E-state index in [4.69, 9.17) is 4.74 Å². The standard InChI is InChI=1S/C22H27N5O4S/c1-14-4-6-16(7-5-14)24-19(29)20-25-26-21(32-20)22(30)27-10-8-15(9-11-27)18(28)23-13-17-3-2-12-31-17/h4-7,15,17H,2-3,8-13H2,1H3,(H,23,28)(H,24,29). The van der Waals surface area contributed by atoms with Crippen LogP contribution in [0.3, 0.4) is 0 Å². The van der Waals surface area contributed by atoms with Crippen LogP contribution in [0, 0.1) is 12.8 Å². The van der Waals surface area contributed by atoms with E-state index in [0.717, 1.165) is 36.3 Å². The van der Waals surface area contributed by atoms with E-state index in [0.29, 0.717) is 38.2 Å². The molecule has 2 aromatic rings. The summed E-state index contributed by atoms with van der Waals surface area (Å²) in [6.45, 7) is 4.23. The van der Waals surface area contributed by atoms with Gasteiger partial charge in [0, 0.05) is 37.8 Å². The number of aromatic nitrogens is 2. The first-order valence-corrected chi connectivity index (χ1v) is 11.7. The Balaban J connectivity index is 1.26. The van der Waals surface area contributed by atoms with E-state index in [1.54, 1.807) is 17.0 Å². The van der Waals surface area contributed by atoms with E-state index >= 15 is 0 Å². The van der Waals surface area contributed by atoms with E-state index < -0.39 is 5.91 Å². The lowest BCUT2D eigenvalue weighted by molar-refractivity contribution is -0.126. The fourth-order valence-corrected chi connectivity index (χ4v) is 4.57. The second kappa shape index (κ2) is 10.2. The maximum Gasteiger partial charge on any atom is 0.286 e. The molecule has 0 radical (unpaired) electrons. The Morgan fingerprint density at radius 3 is 2.50 bits per heavy atom. The normalized spacial score (nSPS) is 19.0. The molecule has 2 N–H and O–H groups in total. The Hall–Kier alpha value is -2.85. The molecule has 2 fully saturated rings. The molecule has 0 saturated carbocycles. The number of amides is 3. The molecule has 0 spiro atoms. The summed E-state index contributed by atoms with van der Waals surface area (Å²) in [4.78, 5) is 39.3. The van der Waals surface area contributed by atoms with E-state index in [-0.39, 0.29) is 33.9 Å². The first-order valence-electron chi connectivity index (χ1n) is 10.9. The summed E-state index contributed by atoms with van der Waals surface area (Å²) in [7, 11) is 0. The number of carbonyl (C=O) groups excluding carboxylic acids is 3. The number of aryl methyl sites for hydroxylation is 1. The lowest BCUT2D eigenvalue weighted by Crippen LogP contribution is -2.44. The summed E-state index contributed by atoms with van der Waals surface area (Å²) in [6.07, 6.45) is 3.35. The van der Waals surface area contributed by atoms with E-state index in [9.17, 15) is 14.4 Å². The summed E-state index contributed by atoms with van der Waals surface area (Å²) in [5, 5.41) is 13.9. The largest absolute Gasteiger partial charge is 0.376 e. The molecule has 3 amide bonds. The lowest BCUT2D eigenvalue weighted by Gasteiger charge is -2.30. The van der Waals surface area contributed by atoms with Gasteiger partial charge in [-0.25, -0.2) is 0 Å². The molecule has 0 bridgehead atoms. The van der Waals surface area contributed by atoms with Crippen molar-refractivity contribution in [1.29, 1.82) is 0 Å². The number of hydrogen-bond acceptors (Lipinski definition) is 7. The van der Waals surface area contributed by atoms with Crippen LogP contribution in [0.15, 0.2) is 24.3 Å². The Kier molecular flexibility index (Phi) is 7.11. The third-order valence-corrected chi connectivity index (χ3v) is 6.70. The monoisotopic (exact) mass is 457 g/mol. The van der Waals surface area contributed by atoms with Crippen LogP contribution in [0.25, 0.3) is 0 Å². The summed E-state index contributed by atoms with van der Waals surface area (Å²) in [5.74, 6) is -0.730. The topological polar surface area (TPSA) is 114 Å². The SMILES string of the molecule is Cc1ccc(NC(=O)c2nnc(C(=O)N3CCC(C(=O)NCC4CCCO4)CC3)s2)cc1. The minimum absolute atomic E-state index is 0.0265. The number of benzene rings is 1. The lowest BCUT2D eigenvalue weighted by atomic mass is 9.96. The molecule has 2 saturated heterocycles. The Labute approximate surface area is 190 Å². The van der Waals surface area contributed by atoms with Gasteiger partial charge in [-0.3, -0.25) is 14.4 Å². The molecule has 2 aliphatic rings. The van der Waals surface area contributed by atoms with Gasteiger partial charge in [-0.05, 0) is 44.7 Å². The Morgan fingerprint density at radius 1 is 1.09 bits per heavy atom. The number of nitrogens with zero attached hydrogens (tertiary/aromatic N) is 3. The average molecular weight is 458 g/mol. The van der Waals surface area contributed by atoms with Crippen LogP contribution in [0.4, 0.5) is 5.69 Å². The Bertz CT molecular complexity index is 963. The van der Waals surface area contributed by atoms with Gasteiger partial charge in [0.2, 0.25) is 15.9 Å². The third kappa shape index (κ3) is 5.49. The van der Waals surface area contributed by atoms with Gasteiger partial charge in [-0.15, -0.1) is 10.2 Å². The maximum absolute atomic E-state index is 12.8. The summed E-state index contributed by atoms with van der Waals surface area (Å²) >= 11 is 0.976. The zero-order valence-electron chi connectivity index (χ0n) is 18.0. The summed E-state index contributed by atoms with van der Waals surface area (Å²) in [6, 6.07) is 7.41. The number of ether oxygens (including phenoxy) is 1. The molecule has 10 heteroatoms. The average Bonchev–Trinajstić information content (AvgIpc) is 3.51. The fraction of sp³-hybridized carbons (Fsp3) is 0.500. The van der Waals surface area contributed by atoms with Crippen molar-refractivity contribution in [2.24, 2.45) is 5.92 Å². The number of hydrogen-bond donors (Lipinski definition) is 2. The second-order valence-electron chi connectivity index (χ2n) is 8.18. The van der Waals surface area contributed by atoms with Crippen LogP contribution in [0.2, 0.25) is 0 Å². The molecule has 4 rings (SSSR count). The minimum Gasteiger partial charge on any atom is -0.376 e. The van der Waals surface area contributed by atoms with Gasteiger partial charge in [0.15, 0.2) is 0 Å². The highest BCUT2D eigenvalue weighted by Gasteiger charge is 2.30. The highest BCUT2D eigenvalue weighted by atomic mass is 32.1. The molecule has 1 atom stereocenters. The van der Waals surface area contributed by atoms with Crippen LogP contribution >= 0.6 is 11.3 Å². The van der Waals surface area contributed by atoms with Gasteiger partial charge in [-0.1, -0.05) is 29.0 Å². The van der Waals surface area contributed by atoms with Crippen molar-refractivity contribution in [3.63, 3.8) is 0 Å². The van der Waals surface area contributed by atoms with Gasteiger partial charge < -0.3 is 20.3 Å².